The van der Waals surface area contributed by atoms with Crippen molar-refractivity contribution in [2.75, 3.05) is 0 Å². The van der Waals surface area contributed by atoms with Gasteiger partial charge in [0, 0.05) is 0 Å². The normalized spacial score (nSPS) is 12.4. The van der Waals surface area contributed by atoms with E-state index < -0.39 is 12.1 Å². The number of benzene rings is 1. The Labute approximate surface area is 89.7 Å². The van der Waals surface area contributed by atoms with Crippen LogP contribution in [0.25, 0.3) is 0 Å². The van der Waals surface area contributed by atoms with Crippen LogP contribution in [0.4, 0.5) is 0 Å². The monoisotopic (exact) mass is 208 g/mol. The van der Waals surface area contributed by atoms with E-state index in [0.717, 1.165) is 11.1 Å². The summed E-state index contributed by atoms with van der Waals surface area (Å²) in [7, 11) is 0. The van der Waals surface area contributed by atoms with E-state index in [4.69, 9.17) is 9.84 Å². The summed E-state index contributed by atoms with van der Waals surface area (Å²) < 4.78 is 5.29. The zero-order chi connectivity index (χ0) is 11.3. The summed E-state index contributed by atoms with van der Waals surface area (Å²) in [5.41, 5.74) is 2.16. The van der Waals surface area contributed by atoms with E-state index in [9.17, 15) is 4.79 Å². The molecule has 3 heteroatoms. The van der Waals surface area contributed by atoms with Crippen molar-refractivity contribution in [2.45, 2.75) is 33.0 Å². The van der Waals surface area contributed by atoms with Crippen molar-refractivity contribution in [3.8, 4) is 0 Å². The molecule has 0 saturated heterocycles. The molecule has 0 aliphatic heterocycles. The lowest BCUT2D eigenvalue weighted by molar-refractivity contribution is -0.151. The van der Waals surface area contributed by atoms with Gasteiger partial charge in [-0.1, -0.05) is 36.8 Å². The zero-order valence-electron chi connectivity index (χ0n) is 9.06. The van der Waals surface area contributed by atoms with E-state index in [1.807, 2.05) is 31.2 Å². The molecule has 15 heavy (non-hydrogen) atoms. The fraction of sp³-hybridized carbons (Fsp3) is 0.417. The first-order valence-corrected chi connectivity index (χ1v) is 5.03. The number of aryl methyl sites for hydroxylation is 1. The highest BCUT2D eigenvalue weighted by Crippen LogP contribution is 2.08. The van der Waals surface area contributed by atoms with Crippen LogP contribution in [-0.2, 0) is 16.1 Å². The van der Waals surface area contributed by atoms with Crippen LogP contribution in [0, 0.1) is 6.92 Å². The van der Waals surface area contributed by atoms with Crippen molar-refractivity contribution in [3.05, 3.63) is 35.4 Å². The number of ether oxygens (including phenoxy) is 1. The number of hydrogen-bond acceptors (Lipinski definition) is 2. The second-order valence-corrected chi connectivity index (χ2v) is 3.54. The molecule has 1 rings (SSSR count). The Morgan fingerprint density at radius 2 is 2.27 bits per heavy atom. The molecule has 0 amide bonds. The minimum atomic E-state index is -0.898. The predicted molar refractivity (Wildman–Crippen MR) is 57.7 cm³/mol. The Morgan fingerprint density at radius 3 is 2.80 bits per heavy atom. The topological polar surface area (TPSA) is 46.5 Å². The molecule has 0 bridgehead atoms. The molecular formula is C12H16O3. The van der Waals surface area contributed by atoms with Gasteiger partial charge in [0.25, 0.3) is 0 Å². The second-order valence-electron chi connectivity index (χ2n) is 3.54. The number of carboxylic acid groups (broad SMARTS) is 1. The van der Waals surface area contributed by atoms with Gasteiger partial charge in [0.1, 0.15) is 0 Å². The van der Waals surface area contributed by atoms with Gasteiger partial charge in [-0.3, -0.25) is 0 Å². The van der Waals surface area contributed by atoms with Crippen molar-refractivity contribution >= 4 is 5.97 Å². The number of rotatable bonds is 5. The second kappa shape index (κ2) is 5.51. The van der Waals surface area contributed by atoms with Crippen LogP contribution in [0.1, 0.15) is 24.5 Å². The lowest BCUT2D eigenvalue weighted by Crippen LogP contribution is -2.22. The van der Waals surface area contributed by atoms with Crippen LogP contribution < -0.4 is 0 Å². The molecule has 0 aromatic heterocycles. The van der Waals surface area contributed by atoms with Gasteiger partial charge in [0.2, 0.25) is 0 Å². The van der Waals surface area contributed by atoms with Crippen molar-refractivity contribution < 1.29 is 14.6 Å². The number of carboxylic acids is 1. The van der Waals surface area contributed by atoms with Gasteiger partial charge in [-0.05, 0) is 18.9 Å². The molecule has 0 saturated carbocycles. The van der Waals surface area contributed by atoms with Crippen LogP contribution in [0.5, 0.6) is 0 Å². The standard InChI is InChI=1S/C12H16O3/c1-3-11(12(13)14)15-8-10-6-4-5-9(2)7-10/h4-7,11H,3,8H2,1-2H3,(H,13,14). The molecule has 0 heterocycles. The maximum Gasteiger partial charge on any atom is 0.332 e. The smallest absolute Gasteiger partial charge is 0.332 e. The fourth-order valence-electron chi connectivity index (χ4n) is 1.36. The number of aliphatic carboxylic acids is 1. The SMILES string of the molecule is CCC(OCc1cccc(C)c1)C(=O)O. The Balaban J connectivity index is 2.52. The molecule has 1 unspecified atom stereocenters. The third kappa shape index (κ3) is 3.72. The predicted octanol–water partition coefficient (Wildman–Crippen LogP) is 2.37. The zero-order valence-corrected chi connectivity index (χ0v) is 9.06. The number of carbonyl (C=O) groups is 1. The Hall–Kier alpha value is -1.35. The van der Waals surface area contributed by atoms with Gasteiger partial charge in [-0.15, -0.1) is 0 Å². The molecular weight excluding hydrogens is 192 g/mol. The summed E-state index contributed by atoms with van der Waals surface area (Å²) in [6.45, 7) is 4.15. The van der Waals surface area contributed by atoms with E-state index in [0.29, 0.717) is 13.0 Å². The first kappa shape index (κ1) is 11.7. The maximum atomic E-state index is 10.7. The van der Waals surface area contributed by atoms with E-state index in [1.54, 1.807) is 6.92 Å². The summed E-state index contributed by atoms with van der Waals surface area (Å²) in [6.07, 6.45) is -0.216. The Morgan fingerprint density at radius 1 is 1.53 bits per heavy atom. The van der Waals surface area contributed by atoms with Gasteiger partial charge < -0.3 is 9.84 Å². The maximum absolute atomic E-state index is 10.7. The molecule has 3 nitrogen and oxygen atoms in total. The van der Waals surface area contributed by atoms with Gasteiger partial charge >= 0.3 is 5.97 Å². The summed E-state index contributed by atoms with van der Waals surface area (Å²) in [6, 6.07) is 7.86. The van der Waals surface area contributed by atoms with Crippen LogP contribution in [-0.4, -0.2) is 17.2 Å². The molecule has 0 spiro atoms. The Kier molecular flexibility index (Phi) is 4.31. The van der Waals surface area contributed by atoms with Crippen molar-refractivity contribution in [1.29, 1.82) is 0 Å². The molecule has 0 radical (unpaired) electrons. The third-order valence-electron chi connectivity index (χ3n) is 2.18. The van der Waals surface area contributed by atoms with Crippen LogP contribution in [0.15, 0.2) is 24.3 Å². The van der Waals surface area contributed by atoms with E-state index in [1.165, 1.54) is 0 Å². The highest BCUT2D eigenvalue weighted by molar-refractivity contribution is 5.72. The molecule has 1 aromatic rings. The van der Waals surface area contributed by atoms with Crippen LogP contribution >= 0.6 is 0 Å². The summed E-state index contributed by atoms with van der Waals surface area (Å²) in [5.74, 6) is -0.898. The molecule has 1 aromatic carbocycles. The van der Waals surface area contributed by atoms with E-state index >= 15 is 0 Å². The van der Waals surface area contributed by atoms with Crippen LogP contribution in [0.3, 0.4) is 0 Å². The highest BCUT2D eigenvalue weighted by atomic mass is 16.5. The molecule has 1 atom stereocenters. The first-order valence-electron chi connectivity index (χ1n) is 5.03. The molecule has 0 aliphatic carbocycles. The first-order chi connectivity index (χ1) is 7.13. The van der Waals surface area contributed by atoms with Crippen molar-refractivity contribution in [3.63, 3.8) is 0 Å². The quantitative estimate of drug-likeness (QED) is 0.808. The lowest BCUT2D eigenvalue weighted by Gasteiger charge is -2.11. The van der Waals surface area contributed by atoms with Crippen molar-refractivity contribution in [1.82, 2.24) is 0 Å². The average molecular weight is 208 g/mol. The van der Waals surface area contributed by atoms with Crippen LogP contribution in [0.2, 0.25) is 0 Å². The molecule has 0 fully saturated rings. The van der Waals surface area contributed by atoms with E-state index in [2.05, 4.69) is 0 Å². The van der Waals surface area contributed by atoms with E-state index in [-0.39, 0.29) is 0 Å². The van der Waals surface area contributed by atoms with Gasteiger partial charge in [-0.25, -0.2) is 4.79 Å². The van der Waals surface area contributed by atoms with Gasteiger partial charge in [0.15, 0.2) is 6.10 Å². The number of hydrogen-bond donors (Lipinski definition) is 1. The summed E-state index contributed by atoms with van der Waals surface area (Å²) >= 11 is 0. The Bertz CT molecular complexity index is 333. The fourth-order valence-corrected chi connectivity index (χ4v) is 1.36. The van der Waals surface area contributed by atoms with Gasteiger partial charge in [0.05, 0.1) is 6.61 Å². The lowest BCUT2D eigenvalue weighted by atomic mass is 10.1. The summed E-state index contributed by atoms with van der Waals surface area (Å²) in [5, 5.41) is 8.78. The summed E-state index contributed by atoms with van der Waals surface area (Å²) in [4.78, 5) is 10.7. The molecule has 82 valence electrons. The molecule has 1 N–H and O–H groups in total. The largest absolute Gasteiger partial charge is 0.479 e. The molecule has 0 aliphatic rings. The minimum absolute atomic E-state index is 0.354. The van der Waals surface area contributed by atoms with Gasteiger partial charge in [-0.2, -0.15) is 0 Å². The van der Waals surface area contributed by atoms with Crippen molar-refractivity contribution in [2.24, 2.45) is 0 Å². The average Bonchev–Trinajstić information content (AvgIpc) is 2.18. The third-order valence-corrected chi connectivity index (χ3v) is 2.18. The minimum Gasteiger partial charge on any atom is -0.479 e. The highest BCUT2D eigenvalue weighted by Gasteiger charge is 2.14.